The molecular formula is C10H8ClN3OS. The number of nitrogens with zero attached hydrogens (tertiary/aromatic N) is 2. The van der Waals surface area contributed by atoms with Crippen LogP contribution in [0.5, 0.6) is 0 Å². The minimum atomic E-state index is -0.185. The Morgan fingerprint density at radius 3 is 2.75 bits per heavy atom. The number of halogens is 1. The largest absolute Gasteiger partial charge is 0.305 e. The first kappa shape index (κ1) is 11.0. The van der Waals surface area contributed by atoms with Crippen LogP contribution in [-0.4, -0.2) is 15.9 Å². The molecule has 0 atom stereocenters. The number of amides is 1. The van der Waals surface area contributed by atoms with Crippen molar-refractivity contribution in [2.45, 2.75) is 6.92 Å². The quantitative estimate of drug-likeness (QED) is 0.895. The molecule has 0 unspecified atom stereocenters. The predicted molar refractivity (Wildman–Crippen MR) is 64.1 cm³/mol. The predicted octanol–water partition coefficient (Wildman–Crippen LogP) is 2.75. The molecule has 0 bridgehead atoms. The van der Waals surface area contributed by atoms with Gasteiger partial charge in [0, 0.05) is 4.88 Å². The van der Waals surface area contributed by atoms with Crippen LogP contribution in [0.4, 0.5) is 5.82 Å². The molecule has 0 fully saturated rings. The average molecular weight is 254 g/mol. The molecule has 2 heterocycles. The van der Waals surface area contributed by atoms with Crippen LogP contribution in [0.3, 0.4) is 0 Å². The number of carbonyl (C=O) groups is 1. The van der Waals surface area contributed by atoms with E-state index in [1.807, 2.05) is 13.0 Å². The number of carbonyl (C=O) groups excluding carboxylic acids is 1. The van der Waals surface area contributed by atoms with Gasteiger partial charge >= 0.3 is 0 Å². The molecule has 0 aromatic carbocycles. The van der Waals surface area contributed by atoms with E-state index < -0.39 is 0 Å². The summed E-state index contributed by atoms with van der Waals surface area (Å²) in [5.74, 6) is 0.204. The Morgan fingerprint density at radius 1 is 1.38 bits per heavy atom. The van der Waals surface area contributed by atoms with Crippen LogP contribution >= 0.6 is 22.9 Å². The zero-order chi connectivity index (χ0) is 11.5. The van der Waals surface area contributed by atoms with Gasteiger partial charge in [0.1, 0.15) is 5.15 Å². The van der Waals surface area contributed by atoms with Crippen molar-refractivity contribution in [2.24, 2.45) is 0 Å². The summed E-state index contributed by atoms with van der Waals surface area (Å²) in [6, 6.07) is 3.67. The number of nitrogens with one attached hydrogen (secondary N) is 1. The van der Waals surface area contributed by atoms with Crippen molar-refractivity contribution >= 4 is 34.7 Å². The Labute approximate surface area is 101 Å². The standard InChI is InChI=1S/C10H8ClN3OS/c1-6-2-3-7(16-6)10(15)14-9-5-12-8(11)4-13-9/h2-5H,1H3,(H,13,14,15). The van der Waals surface area contributed by atoms with Crippen LogP contribution < -0.4 is 5.32 Å². The molecule has 0 aliphatic heterocycles. The third-order valence-corrected chi connectivity index (χ3v) is 3.02. The molecule has 0 radical (unpaired) electrons. The highest BCUT2D eigenvalue weighted by atomic mass is 35.5. The summed E-state index contributed by atoms with van der Waals surface area (Å²) in [5, 5.41) is 2.93. The van der Waals surface area contributed by atoms with Gasteiger partial charge in [0.25, 0.3) is 5.91 Å². The monoisotopic (exact) mass is 253 g/mol. The zero-order valence-corrected chi connectivity index (χ0v) is 9.97. The molecule has 0 aliphatic rings. The maximum Gasteiger partial charge on any atom is 0.266 e. The number of anilines is 1. The van der Waals surface area contributed by atoms with Crippen LogP contribution in [0, 0.1) is 6.92 Å². The average Bonchev–Trinajstić information content (AvgIpc) is 2.68. The molecule has 4 nitrogen and oxygen atoms in total. The second-order valence-corrected chi connectivity index (χ2v) is 4.76. The second-order valence-electron chi connectivity index (χ2n) is 3.09. The molecule has 0 aliphatic carbocycles. The van der Waals surface area contributed by atoms with Gasteiger partial charge in [0.2, 0.25) is 0 Å². The van der Waals surface area contributed by atoms with Crippen LogP contribution in [0.1, 0.15) is 14.5 Å². The van der Waals surface area contributed by atoms with E-state index in [-0.39, 0.29) is 5.91 Å². The van der Waals surface area contributed by atoms with Crippen molar-refractivity contribution < 1.29 is 4.79 Å². The second kappa shape index (κ2) is 4.59. The summed E-state index contributed by atoms with van der Waals surface area (Å²) in [4.78, 5) is 21.2. The van der Waals surface area contributed by atoms with E-state index in [0.717, 1.165) is 4.88 Å². The third-order valence-electron chi connectivity index (χ3n) is 1.83. The SMILES string of the molecule is Cc1ccc(C(=O)Nc2cnc(Cl)cn2)s1. The highest BCUT2D eigenvalue weighted by Gasteiger charge is 2.08. The van der Waals surface area contributed by atoms with Crippen molar-refractivity contribution in [1.82, 2.24) is 9.97 Å². The summed E-state index contributed by atoms with van der Waals surface area (Å²) in [7, 11) is 0. The lowest BCUT2D eigenvalue weighted by Gasteiger charge is -2.01. The number of aromatic nitrogens is 2. The van der Waals surface area contributed by atoms with E-state index >= 15 is 0 Å². The van der Waals surface area contributed by atoms with Gasteiger partial charge in [-0.15, -0.1) is 11.3 Å². The molecule has 0 saturated heterocycles. The van der Waals surface area contributed by atoms with E-state index in [2.05, 4.69) is 15.3 Å². The summed E-state index contributed by atoms with van der Waals surface area (Å²) in [6.07, 6.45) is 2.80. The number of hydrogen-bond donors (Lipinski definition) is 1. The van der Waals surface area contributed by atoms with E-state index in [4.69, 9.17) is 11.6 Å². The van der Waals surface area contributed by atoms with Crippen LogP contribution in [0.15, 0.2) is 24.5 Å². The van der Waals surface area contributed by atoms with Gasteiger partial charge in [-0.25, -0.2) is 9.97 Å². The number of hydrogen-bond acceptors (Lipinski definition) is 4. The Balaban J connectivity index is 2.10. The summed E-state index contributed by atoms with van der Waals surface area (Å²) in [6.45, 7) is 1.95. The normalized spacial score (nSPS) is 10.1. The minimum Gasteiger partial charge on any atom is -0.305 e. The van der Waals surface area contributed by atoms with E-state index in [1.54, 1.807) is 6.07 Å². The van der Waals surface area contributed by atoms with Crippen molar-refractivity contribution in [3.05, 3.63) is 39.4 Å². The molecule has 1 N–H and O–H groups in total. The number of thiophene rings is 1. The fourth-order valence-corrected chi connectivity index (χ4v) is 1.97. The molecule has 16 heavy (non-hydrogen) atoms. The summed E-state index contributed by atoms with van der Waals surface area (Å²) < 4.78 is 0. The first-order valence-corrected chi connectivity index (χ1v) is 5.70. The van der Waals surface area contributed by atoms with Gasteiger partial charge in [-0.05, 0) is 19.1 Å². The van der Waals surface area contributed by atoms with Gasteiger partial charge in [-0.1, -0.05) is 11.6 Å². The fourth-order valence-electron chi connectivity index (χ4n) is 1.11. The van der Waals surface area contributed by atoms with Gasteiger partial charge in [0.05, 0.1) is 17.3 Å². The summed E-state index contributed by atoms with van der Waals surface area (Å²) >= 11 is 7.02. The topological polar surface area (TPSA) is 54.9 Å². The van der Waals surface area contributed by atoms with E-state index in [1.165, 1.54) is 23.7 Å². The Bertz CT molecular complexity index is 509. The van der Waals surface area contributed by atoms with E-state index in [0.29, 0.717) is 15.8 Å². The van der Waals surface area contributed by atoms with Gasteiger partial charge in [-0.3, -0.25) is 4.79 Å². The molecule has 2 aromatic heterocycles. The van der Waals surface area contributed by atoms with Crippen LogP contribution in [-0.2, 0) is 0 Å². The molecule has 0 saturated carbocycles. The lowest BCUT2D eigenvalue weighted by molar-refractivity contribution is 0.103. The van der Waals surface area contributed by atoms with Gasteiger partial charge in [0.15, 0.2) is 5.82 Å². The molecule has 1 amide bonds. The Morgan fingerprint density at radius 2 is 2.19 bits per heavy atom. The first-order chi connectivity index (χ1) is 7.65. The number of aryl methyl sites for hydroxylation is 1. The zero-order valence-electron chi connectivity index (χ0n) is 8.40. The lowest BCUT2D eigenvalue weighted by atomic mass is 10.4. The smallest absolute Gasteiger partial charge is 0.266 e. The van der Waals surface area contributed by atoms with Gasteiger partial charge in [-0.2, -0.15) is 0 Å². The molecule has 6 heteroatoms. The Hall–Kier alpha value is -1.46. The molecule has 82 valence electrons. The molecule has 2 rings (SSSR count). The van der Waals surface area contributed by atoms with Crippen molar-refractivity contribution in [3.8, 4) is 0 Å². The lowest BCUT2D eigenvalue weighted by Crippen LogP contribution is -2.11. The minimum absolute atomic E-state index is 0.185. The maximum atomic E-state index is 11.7. The third kappa shape index (κ3) is 2.56. The van der Waals surface area contributed by atoms with Crippen molar-refractivity contribution in [3.63, 3.8) is 0 Å². The number of rotatable bonds is 2. The first-order valence-electron chi connectivity index (χ1n) is 4.50. The highest BCUT2D eigenvalue weighted by molar-refractivity contribution is 7.14. The molecule has 2 aromatic rings. The summed E-state index contributed by atoms with van der Waals surface area (Å²) in [5.41, 5.74) is 0. The fraction of sp³-hybridized carbons (Fsp3) is 0.100. The van der Waals surface area contributed by atoms with Crippen LogP contribution in [0.2, 0.25) is 5.15 Å². The maximum absolute atomic E-state index is 11.7. The Kier molecular flexibility index (Phi) is 3.17. The van der Waals surface area contributed by atoms with Crippen molar-refractivity contribution in [2.75, 3.05) is 5.32 Å². The highest BCUT2D eigenvalue weighted by Crippen LogP contribution is 2.16. The molecule has 0 spiro atoms. The van der Waals surface area contributed by atoms with E-state index in [9.17, 15) is 4.79 Å². The van der Waals surface area contributed by atoms with Crippen molar-refractivity contribution in [1.29, 1.82) is 0 Å². The molecular weight excluding hydrogens is 246 g/mol. The van der Waals surface area contributed by atoms with Gasteiger partial charge < -0.3 is 5.32 Å². The van der Waals surface area contributed by atoms with Crippen LogP contribution in [0.25, 0.3) is 0 Å².